The van der Waals surface area contributed by atoms with E-state index in [0.29, 0.717) is 17.2 Å². The molecule has 0 saturated carbocycles. The first-order chi connectivity index (χ1) is 12.4. The summed E-state index contributed by atoms with van der Waals surface area (Å²) in [6, 6.07) is 15.1. The summed E-state index contributed by atoms with van der Waals surface area (Å²) < 4.78 is 48.9. The number of nitrogens with zero attached hydrogens (tertiary/aromatic N) is 1. The van der Waals surface area contributed by atoms with Crippen molar-refractivity contribution >= 4 is 11.7 Å². The van der Waals surface area contributed by atoms with Crippen LogP contribution in [-0.4, -0.2) is 42.9 Å². The zero-order chi connectivity index (χ0) is 18.6. The largest absolute Gasteiger partial charge is 0.455 e. The molecule has 0 unspecified atom stereocenters. The maximum atomic E-state index is 12.8. The third-order valence-corrected chi connectivity index (χ3v) is 3.82. The molecule has 138 valence electrons. The SMILES string of the molecule is O=C(Nc1ccccc1Oc1ccccc1)N1CCO[C@@H](C(F)(F)F)C1. The Hall–Kier alpha value is -2.74. The Labute approximate surface area is 148 Å². The minimum Gasteiger partial charge on any atom is -0.455 e. The lowest BCUT2D eigenvalue weighted by Gasteiger charge is -2.33. The lowest BCUT2D eigenvalue weighted by Crippen LogP contribution is -2.52. The van der Waals surface area contributed by atoms with E-state index in [9.17, 15) is 18.0 Å². The first-order valence-corrected chi connectivity index (χ1v) is 7.99. The molecule has 0 aromatic heterocycles. The van der Waals surface area contributed by atoms with Gasteiger partial charge < -0.3 is 19.7 Å². The molecule has 1 aliphatic heterocycles. The number of alkyl halides is 3. The van der Waals surface area contributed by atoms with Crippen molar-refractivity contribution in [3.05, 3.63) is 54.6 Å². The monoisotopic (exact) mass is 366 g/mol. The predicted molar refractivity (Wildman–Crippen MR) is 89.3 cm³/mol. The third-order valence-electron chi connectivity index (χ3n) is 3.82. The highest BCUT2D eigenvalue weighted by molar-refractivity contribution is 5.91. The summed E-state index contributed by atoms with van der Waals surface area (Å²) in [5.74, 6) is 0.977. The first-order valence-electron chi connectivity index (χ1n) is 7.99. The number of carbonyl (C=O) groups is 1. The van der Waals surface area contributed by atoms with E-state index in [-0.39, 0.29) is 13.2 Å². The molecule has 1 N–H and O–H groups in total. The molecule has 0 aliphatic carbocycles. The average Bonchev–Trinajstić information content (AvgIpc) is 2.63. The quantitative estimate of drug-likeness (QED) is 0.882. The number of ether oxygens (including phenoxy) is 2. The molecular weight excluding hydrogens is 349 g/mol. The van der Waals surface area contributed by atoms with Crippen LogP contribution < -0.4 is 10.1 Å². The number of rotatable bonds is 3. The van der Waals surface area contributed by atoms with Crippen LogP contribution in [-0.2, 0) is 4.74 Å². The van der Waals surface area contributed by atoms with E-state index in [1.54, 1.807) is 36.4 Å². The third kappa shape index (κ3) is 4.45. The number of nitrogens with one attached hydrogen (secondary N) is 1. The van der Waals surface area contributed by atoms with Crippen molar-refractivity contribution in [2.75, 3.05) is 25.0 Å². The van der Waals surface area contributed by atoms with Gasteiger partial charge in [-0.25, -0.2) is 4.79 Å². The molecule has 0 bridgehead atoms. The Morgan fingerprint density at radius 3 is 2.54 bits per heavy atom. The lowest BCUT2D eigenvalue weighted by atomic mass is 10.2. The molecule has 0 radical (unpaired) electrons. The number of morpholine rings is 1. The van der Waals surface area contributed by atoms with Crippen molar-refractivity contribution in [3.8, 4) is 11.5 Å². The van der Waals surface area contributed by atoms with Gasteiger partial charge in [-0.05, 0) is 24.3 Å². The van der Waals surface area contributed by atoms with E-state index < -0.39 is 24.9 Å². The predicted octanol–water partition coefficient (Wildman–Crippen LogP) is 4.27. The number of amides is 2. The van der Waals surface area contributed by atoms with Crippen LogP contribution in [0.25, 0.3) is 0 Å². The highest BCUT2D eigenvalue weighted by atomic mass is 19.4. The molecule has 26 heavy (non-hydrogen) atoms. The smallest absolute Gasteiger partial charge is 0.416 e. The Kier molecular flexibility index (Phi) is 5.32. The number of carbonyl (C=O) groups excluding carboxylic acids is 1. The summed E-state index contributed by atoms with van der Waals surface area (Å²) in [7, 11) is 0. The van der Waals surface area contributed by atoms with Crippen molar-refractivity contribution in [2.45, 2.75) is 12.3 Å². The maximum Gasteiger partial charge on any atom is 0.416 e. The van der Waals surface area contributed by atoms with Crippen LogP contribution >= 0.6 is 0 Å². The van der Waals surface area contributed by atoms with Crippen LogP contribution in [0.3, 0.4) is 0 Å². The van der Waals surface area contributed by atoms with E-state index in [1.807, 2.05) is 18.2 Å². The van der Waals surface area contributed by atoms with E-state index >= 15 is 0 Å². The topological polar surface area (TPSA) is 50.8 Å². The molecule has 1 fully saturated rings. The van der Waals surface area contributed by atoms with Crippen LogP contribution in [0.2, 0.25) is 0 Å². The zero-order valence-corrected chi connectivity index (χ0v) is 13.7. The molecule has 5 nitrogen and oxygen atoms in total. The van der Waals surface area contributed by atoms with Crippen molar-refractivity contribution in [1.29, 1.82) is 0 Å². The number of halogens is 3. The number of hydrogen-bond acceptors (Lipinski definition) is 3. The maximum absolute atomic E-state index is 12.8. The van der Waals surface area contributed by atoms with Gasteiger partial charge in [0.2, 0.25) is 0 Å². The Morgan fingerprint density at radius 1 is 1.12 bits per heavy atom. The lowest BCUT2D eigenvalue weighted by molar-refractivity contribution is -0.233. The fraction of sp³-hybridized carbons (Fsp3) is 0.278. The first kappa shape index (κ1) is 18.1. The molecule has 1 atom stereocenters. The van der Waals surface area contributed by atoms with Crippen molar-refractivity contribution in [1.82, 2.24) is 4.90 Å². The second-order valence-corrected chi connectivity index (χ2v) is 5.69. The molecule has 3 rings (SSSR count). The van der Waals surface area contributed by atoms with Gasteiger partial charge in [0.15, 0.2) is 11.9 Å². The Bertz CT molecular complexity index is 753. The van der Waals surface area contributed by atoms with Crippen LogP contribution in [0.1, 0.15) is 0 Å². The summed E-state index contributed by atoms with van der Waals surface area (Å²) in [6.45, 7) is -0.628. The summed E-state index contributed by atoms with van der Waals surface area (Å²) in [5.41, 5.74) is 0.372. The van der Waals surface area contributed by atoms with Gasteiger partial charge in [0.1, 0.15) is 5.75 Å². The highest BCUT2D eigenvalue weighted by Gasteiger charge is 2.44. The van der Waals surface area contributed by atoms with Crippen LogP contribution in [0.5, 0.6) is 11.5 Å². The number of benzene rings is 2. The summed E-state index contributed by atoms with van der Waals surface area (Å²) in [5, 5.41) is 2.61. The summed E-state index contributed by atoms with van der Waals surface area (Å²) >= 11 is 0. The van der Waals surface area contributed by atoms with Gasteiger partial charge in [0.25, 0.3) is 0 Å². The van der Waals surface area contributed by atoms with Gasteiger partial charge in [0, 0.05) is 6.54 Å². The zero-order valence-electron chi connectivity index (χ0n) is 13.7. The summed E-state index contributed by atoms with van der Waals surface area (Å²) in [6.07, 6.45) is -6.48. The number of hydrogen-bond donors (Lipinski definition) is 1. The molecule has 2 aromatic carbocycles. The number of anilines is 1. The molecule has 1 saturated heterocycles. The van der Waals surface area contributed by atoms with Crippen LogP contribution in [0, 0.1) is 0 Å². The minimum atomic E-state index is -4.51. The van der Waals surface area contributed by atoms with E-state index in [4.69, 9.17) is 9.47 Å². The number of para-hydroxylation sites is 3. The standard InChI is InChI=1S/C18H17F3N2O3/c19-18(20,21)16-12-23(10-11-25-16)17(24)22-14-8-4-5-9-15(14)26-13-6-2-1-3-7-13/h1-9,16H,10-12H2,(H,22,24)/t16-/m1/s1. The number of urea groups is 1. The van der Waals surface area contributed by atoms with Crippen LogP contribution in [0.15, 0.2) is 54.6 Å². The minimum absolute atomic E-state index is 0.0835. The fourth-order valence-electron chi connectivity index (χ4n) is 2.50. The molecular formula is C18H17F3N2O3. The molecule has 2 aromatic rings. The molecule has 0 spiro atoms. The summed E-state index contributed by atoms with van der Waals surface area (Å²) in [4.78, 5) is 13.5. The van der Waals surface area contributed by atoms with E-state index in [2.05, 4.69) is 5.32 Å². The van der Waals surface area contributed by atoms with Gasteiger partial charge in [-0.2, -0.15) is 13.2 Å². The second kappa shape index (κ2) is 7.65. The van der Waals surface area contributed by atoms with Gasteiger partial charge in [-0.3, -0.25) is 0 Å². The average molecular weight is 366 g/mol. The van der Waals surface area contributed by atoms with E-state index in [0.717, 1.165) is 4.90 Å². The Balaban J connectivity index is 1.70. The fourth-order valence-corrected chi connectivity index (χ4v) is 2.50. The highest BCUT2D eigenvalue weighted by Crippen LogP contribution is 2.30. The van der Waals surface area contributed by atoms with Crippen molar-refractivity contribution < 1.29 is 27.4 Å². The van der Waals surface area contributed by atoms with Gasteiger partial charge in [-0.15, -0.1) is 0 Å². The van der Waals surface area contributed by atoms with Gasteiger partial charge >= 0.3 is 12.2 Å². The van der Waals surface area contributed by atoms with Crippen molar-refractivity contribution in [3.63, 3.8) is 0 Å². The molecule has 1 heterocycles. The Morgan fingerprint density at radius 2 is 1.81 bits per heavy atom. The van der Waals surface area contributed by atoms with Crippen LogP contribution in [0.4, 0.5) is 23.7 Å². The van der Waals surface area contributed by atoms with Gasteiger partial charge in [0.05, 0.1) is 18.8 Å². The van der Waals surface area contributed by atoms with Crippen molar-refractivity contribution in [2.24, 2.45) is 0 Å². The second-order valence-electron chi connectivity index (χ2n) is 5.69. The molecule has 1 aliphatic rings. The normalized spacial score (nSPS) is 17.7. The molecule has 2 amide bonds. The van der Waals surface area contributed by atoms with Gasteiger partial charge in [-0.1, -0.05) is 30.3 Å². The van der Waals surface area contributed by atoms with E-state index in [1.165, 1.54) is 0 Å². The molecule has 8 heteroatoms.